The molecule has 0 fully saturated rings. The third kappa shape index (κ3) is 3.51. The lowest BCUT2D eigenvalue weighted by Gasteiger charge is -2.11. The highest BCUT2D eigenvalue weighted by Gasteiger charge is 2.20. The number of benzene rings is 1. The Kier molecular flexibility index (Phi) is 4.90. The average molecular weight is 375 g/mol. The van der Waals surface area contributed by atoms with Gasteiger partial charge in [0.25, 0.3) is 0 Å². The molecular formula is C9H10Br2FNO2S. The van der Waals surface area contributed by atoms with Crippen LogP contribution in [0, 0.1) is 5.82 Å². The maximum atomic E-state index is 13.4. The molecule has 0 saturated carbocycles. The van der Waals surface area contributed by atoms with Gasteiger partial charge in [0.15, 0.2) is 0 Å². The van der Waals surface area contributed by atoms with Crippen molar-refractivity contribution >= 4 is 41.9 Å². The first-order chi connectivity index (χ1) is 7.36. The molecule has 0 aromatic heterocycles. The monoisotopic (exact) mass is 373 g/mol. The van der Waals surface area contributed by atoms with Gasteiger partial charge >= 0.3 is 0 Å². The summed E-state index contributed by atoms with van der Waals surface area (Å²) in [6, 6.07) is 3.53. The van der Waals surface area contributed by atoms with Gasteiger partial charge < -0.3 is 0 Å². The first-order valence-electron chi connectivity index (χ1n) is 4.40. The van der Waals surface area contributed by atoms with E-state index in [9.17, 15) is 12.8 Å². The van der Waals surface area contributed by atoms with Crippen molar-refractivity contribution < 1.29 is 12.8 Å². The smallest absolute Gasteiger partial charge is 0.207 e. The standard InChI is InChI=1S/C9H10Br2FNO2S/c1-6(5-10)13-16(14,15)9-3-2-7(11)4-8(9)12/h2-4,6,13H,5H2,1H3. The molecule has 0 aliphatic rings. The minimum atomic E-state index is -3.79. The average Bonchev–Trinajstić information content (AvgIpc) is 2.16. The van der Waals surface area contributed by atoms with Gasteiger partial charge in [0.2, 0.25) is 10.0 Å². The normalized spacial score (nSPS) is 13.8. The highest BCUT2D eigenvalue weighted by molar-refractivity contribution is 9.10. The van der Waals surface area contributed by atoms with E-state index in [1.54, 1.807) is 6.92 Å². The Morgan fingerprint density at radius 2 is 2.12 bits per heavy atom. The van der Waals surface area contributed by atoms with E-state index in [4.69, 9.17) is 0 Å². The van der Waals surface area contributed by atoms with Crippen molar-refractivity contribution in [3.63, 3.8) is 0 Å². The number of nitrogens with one attached hydrogen (secondary N) is 1. The molecule has 1 unspecified atom stereocenters. The lowest BCUT2D eigenvalue weighted by atomic mass is 10.3. The zero-order chi connectivity index (χ0) is 12.3. The van der Waals surface area contributed by atoms with Crippen LogP contribution >= 0.6 is 31.9 Å². The quantitative estimate of drug-likeness (QED) is 0.823. The van der Waals surface area contributed by atoms with Gasteiger partial charge in [0, 0.05) is 15.8 Å². The van der Waals surface area contributed by atoms with Crippen LogP contribution in [0.3, 0.4) is 0 Å². The first-order valence-corrected chi connectivity index (χ1v) is 7.80. The molecule has 0 bridgehead atoms. The molecule has 7 heteroatoms. The predicted molar refractivity (Wildman–Crippen MR) is 67.7 cm³/mol. The Bertz CT molecular complexity index is 478. The van der Waals surface area contributed by atoms with E-state index in [0.717, 1.165) is 6.07 Å². The predicted octanol–water partition coefficient (Wildman–Crippen LogP) is 2.65. The van der Waals surface area contributed by atoms with Crippen LogP contribution in [0.5, 0.6) is 0 Å². The van der Waals surface area contributed by atoms with Crippen molar-refractivity contribution in [2.24, 2.45) is 0 Å². The van der Waals surface area contributed by atoms with Gasteiger partial charge in [-0.05, 0) is 25.1 Å². The van der Waals surface area contributed by atoms with Gasteiger partial charge in [0.1, 0.15) is 10.7 Å². The van der Waals surface area contributed by atoms with E-state index in [2.05, 4.69) is 36.6 Å². The van der Waals surface area contributed by atoms with Crippen molar-refractivity contribution in [2.75, 3.05) is 5.33 Å². The highest BCUT2D eigenvalue weighted by atomic mass is 79.9. The molecular weight excluding hydrogens is 365 g/mol. The first kappa shape index (κ1) is 14.1. The lowest BCUT2D eigenvalue weighted by molar-refractivity contribution is 0.550. The summed E-state index contributed by atoms with van der Waals surface area (Å²) in [6.45, 7) is 1.68. The maximum Gasteiger partial charge on any atom is 0.243 e. The molecule has 0 aliphatic heterocycles. The summed E-state index contributed by atoms with van der Waals surface area (Å²) in [5.74, 6) is -0.774. The van der Waals surface area contributed by atoms with Crippen molar-refractivity contribution in [2.45, 2.75) is 17.9 Å². The molecule has 16 heavy (non-hydrogen) atoms. The highest BCUT2D eigenvalue weighted by Crippen LogP contribution is 2.19. The fourth-order valence-electron chi connectivity index (χ4n) is 1.05. The molecule has 3 nitrogen and oxygen atoms in total. The van der Waals surface area contributed by atoms with E-state index in [1.807, 2.05) is 0 Å². The molecule has 1 aromatic rings. The molecule has 0 heterocycles. The summed E-state index contributed by atoms with van der Waals surface area (Å²) in [6.07, 6.45) is 0. The molecule has 0 amide bonds. The van der Waals surface area contributed by atoms with Crippen LogP contribution in [-0.4, -0.2) is 19.8 Å². The van der Waals surface area contributed by atoms with Crippen LogP contribution in [0.1, 0.15) is 6.92 Å². The molecule has 1 N–H and O–H groups in total. The summed E-state index contributed by atoms with van der Waals surface area (Å²) in [7, 11) is -3.79. The Morgan fingerprint density at radius 3 is 2.62 bits per heavy atom. The van der Waals surface area contributed by atoms with Crippen molar-refractivity contribution in [1.29, 1.82) is 0 Å². The van der Waals surface area contributed by atoms with Gasteiger partial charge in [0.05, 0.1) is 0 Å². The van der Waals surface area contributed by atoms with E-state index in [0.29, 0.717) is 9.80 Å². The van der Waals surface area contributed by atoms with Crippen LogP contribution in [-0.2, 0) is 10.0 Å². The van der Waals surface area contributed by atoms with Crippen LogP contribution in [0.25, 0.3) is 0 Å². The fraction of sp³-hybridized carbons (Fsp3) is 0.333. The molecule has 0 saturated heterocycles. The van der Waals surface area contributed by atoms with Gasteiger partial charge in [-0.1, -0.05) is 31.9 Å². The Labute approximate surface area is 111 Å². The zero-order valence-corrected chi connectivity index (χ0v) is 12.4. The van der Waals surface area contributed by atoms with Crippen LogP contribution in [0.15, 0.2) is 27.6 Å². The van der Waals surface area contributed by atoms with Crippen LogP contribution in [0.4, 0.5) is 4.39 Å². The van der Waals surface area contributed by atoms with Crippen LogP contribution in [0.2, 0.25) is 0 Å². The fourth-order valence-corrected chi connectivity index (χ4v) is 3.07. The second kappa shape index (κ2) is 5.57. The summed E-state index contributed by atoms with van der Waals surface area (Å²) >= 11 is 6.21. The van der Waals surface area contributed by atoms with Crippen LogP contribution < -0.4 is 4.72 Å². The largest absolute Gasteiger partial charge is 0.243 e. The third-order valence-electron chi connectivity index (χ3n) is 1.77. The van der Waals surface area contributed by atoms with E-state index in [-0.39, 0.29) is 10.9 Å². The Balaban J connectivity index is 3.08. The van der Waals surface area contributed by atoms with E-state index in [1.165, 1.54) is 12.1 Å². The number of hydrogen-bond donors (Lipinski definition) is 1. The van der Waals surface area contributed by atoms with Crippen molar-refractivity contribution in [3.8, 4) is 0 Å². The number of hydrogen-bond acceptors (Lipinski definition) is 2. The summed E-state index contributed by atoms with van der Waals surface area (Å²) in [5.41, 5.74) is 0. The van der Waals surface area contributed by atoms with Gasteiger partial charge in [-0.25, -0.2) is 17.5 Å². The molecule has 1 atom stereocenters. The number of halogens is 3. The minimum absolute atomic E-state index is 0.298. The maximum absolute atomic E-state index is 13.4. The van der Waals surface area contributed by atoms with Crippen molar-refractivity contribution in [3.05, 3.63) is 28.5 Å². The SMILES string of the molecule is CC(CBr)NS(=O)(=O)c1ccc(Br)cc1F. The zero-order valence-electron chi connectivity index (χ0n) is 8.38. The van der Waals surface area contributed by atoms with Gasteiger partial charge in [-0.3, -0.25) is 0 Å². The number of alkyl halides is 1. The molecule has 90 valence electrons. The lowest BCUT2D eigenvalue weighted by Crippen LogP contribution is -2.34. The molecule has 1 rings (SSSR count). The summed E-state index contributed by atoms with van der Waals surface area (Å²) in [5, 5.41) is 0.463. The molecule has 0 radical (unpaired) electrons. The van der Waals surface area contributed by atoms with Gasteiger partial charge in [-0.15, -0.1) is 0 Å². The third-order valence-corrected chi connectivity index (χ3v) is 4.86. The molecule has 0 spiro atoms. The molecule has 1 aromatic carbocycles. The summed E-state index contributed by atoms with van der Waals surface area (Å²) in [4.78, 5) is -0.344. The second-order valence-corrected chi connectivity index (χ2v) is 6.50. The second-order valence-electron chi connectivity index (χ2n) is 3.25. The van der Waals surface area contributed by atoms with E-state index >= 15 is 0 Å². The van der Waals surface area contributed by atoms with Gasteiger partial charge in [-0.2, -0.15) is 0 Å². The number of sulfonamides is 1. The van der Waals surface area contributed by atoms with Crippen molar-refractivity contribution in [1.82, 2.24) is 4.72 Å². The Hall–Kier alpha value is 0.0200. The Morgan fingerprint density at radius 1 is 1.50 bits per heavy atom. The molecule has 0 aliphatic carbocycles. The minimum Gasteiger partial charge on any atom is -0.207 e. The topological polar surface area (TPSA) is 46.2 Å². The number of rotatable bonds is 4. The van der Waals surface area contributed by atoms with E-state index < -0.39 is 15.8 Å². The summed E-state index contributed by atoms with van der Waals surface area (Å²) < 4.78 is 39.8.